The summed E-state index contributed by atoms with van der Waals surface area (Å²) >= 11 is 0. The van der Waals surface area contributed by atoms with Crippen molar-refractivity contribution in [2.24, 2.45) is 5.92 Å². The third kappa shape index (κ3) is 4.06. The Morgan fingerprint density at radius 1 is 0.808 bits per heavy atom. The minimum atomic E-state index is 0.0286. The van der Waals surface area contributed by atoms with E-state index in [2.05, 4.69) is 15.1 Å². The first kappa shape index (κ1) is 18.2. The van der Waals surface area contributed by atoms with Crippen LogP contribution in [0.25, 0.3) is 0 Å². The van der Waals surface area contributed by atoms with Gasteiger partial charge < -0.3 is 15.1 Å². The molecule has 6 nitrogen and oxygen atoms in total. The Bertz CT molecular complexity index is 506. The number of carbonyl (C=O) groups is 2. The minimum Gasteiger partial charge on any atom is -0.342 e. The van der Waals surface area contributed by atoms with Crippen molar-refractivity contribution in [1.29, 1.82) is 0 Å². The van der Waals surface area contributed by atoms with Crippen LogP contribution in [0.1, 0.15) is 51.4 Å². The number of rotatable bonds is 3. The Hall–Kier alpha value is -1.14. The number of hydrogen-bond acceptors (Lipinski definition) is 4. The molecule has 0 spiro atoms. The van der Waals surface area contributed by atoms with Crippen molar-refractivity contribution in [3.05, 3.63) is 0 Å². The van der Waals surface area contributed by atoms with Crippen LogP contribution in [0, 0.1) is 5.92 Å². The average Bonchev–Trinajstić information content (AvgIpc) is 3.28. The van der Waals surface area contributed by atoms with Crippen molar-refractivity contribution >= 4 is 11.8 Å². The predicted molar refractivity (Wildman–Crippen MR) is 101 cm³/mol. The zero-order chi connectivity index (χ0) is 17.9. The zero-order valence-electron chi connectivity index (χ0n) is 16.0. The molecule has 0 aromatic heterocycles. The average molecular weight is 363 g/mol. The van der Waals surface area contributed by atoms with E-state index in [1.807, 2.05) is 4.90 Å². The van der Waals surface area contributed by atoms with Gasteiger partial charge in [-0.25, -0.2) is 0 Å². The van der Waals surface area contributed by atoms with Gasteiger partial charge in [-0.15, -0.1) is 0 Å². The van der Waals surface area contributed by atoms with Gasteiger partial charge in [0.1, 0.15) is 0 Å². The van der Waals surface area contributed by atoms with E-state index in [9.17, 15) is 9.59 Å². The summed E-state index contributed by atoms with van der Waals surface area (Å²) in [7, 11) is 0. The lowest BCUT2D eigenvalue weighted by Crippen LogP contribution is -2.47. The molecule has 3 atom stereocenters. The fourth-order valence-corrected chi connectivity index (χ4v) is 5.34. The SMILES string of the molecule is O=C(CN1CCCN(C(=O)C2CC3CCCCC3N2)CC1)N1CCCC1. The molecule has 1 aliphatic carbocycles. The van der Waals surface area contributed by atoms with Crippen molar-refractivity contribution in [1.82, 2.24) is 20.0 Å². The molecule has 0 radical (unpaired) electrons. The van der Waals surface area contributed by atoms with Crippen molar-refractivity contribution in [3.63, 3.8) is 0 Å². The van der Waals surface area contributed by atoms with Crippen LogP contribution in [-0.4, -0.2) is 84.4 Å². The van der Waals surface area contributed by atoms with Gasteiger partial charge in [-0.1, -0.05) is 12.8 Å². The second kappa shape index (κ2) is 8.26. The zero-order valence-corrected chi connectivity index (χ0v) is 16.0. The fourth-order valence-electron chi connectivity index (χ4n) is 5.34. The molecular formula is C20H34N4O2. The quantitative estimate of drug-likeness (QED) is 0.816. The number of carbonyl (C=O) groups excluding carboxylic acids is 2. The van der Waals surface area contributed by atoms with E-state index in [-0.39, 0.29) is 11.9 Å². The summed E-state index contributed by atoms with van der Waals surface area (Å²) in [6.07, 6.45) is 9.44. The smallest absolute Gasteiger partial charge is 0.239 e. The van der Waals surface area contributed by atoms with E-state index in [1.54, 1.807) is 0 Å². The standard InChI is InChI=1S/C20H34N4O2/c25-19(23-9-3-4-10-23)15-22-8-5-11-24(13-12-22)20(26)18-14-16-6-1-2-7-17(16)21-18/h16-18,21H,1-15H2. The highest BCUT2D eigenvalue weighted by Crippen LogP contribution is 2.33. The maximum Gasteiger partial charge on any atom is 0.239 e. The largest absolute Gasteiger partial charge is 0.342 e. The Morgan fingerprint density at radius 3 is 2.38 bits per heavy atom. The Balaban J connectivity index is 1.26. The number of amides is 2. The first-order valence-electron chi connectivity index (χ1n) is 10.8. The van der Waals surface area contributed by atoms with Gasteiger partial charge in [0, 0.05) is 45.3 Å². The molecule has 4 aliphatic rings. The lowest BCUT2D eigenvalue weighted by atomic mass is 9.85. The molecule has 3 heterocycles. The highest BCUT2D eigenvalue weighted by atomic mass is 16.2. The number of fused-ring (bicyclic) bond motifs is 1. The van der Waals surface area contributed by atoms with E-state index >= 15 is 0 Å². The van der Waals surface area contributed by atoms with Gasteiger partial charge in [-0.2, -0.15) is 0 Å². The van der Waals surface area contributed by atoms with Gasteiger partial charge in [-0.3, -0.25) is 14.5 Å². The number of likely N-dealkylation sites (tertiary alicyclic amines) is 1. The summed E-state index contributed by atoms with van der Waals surface area (Å²) in [5.74, 6) is 1.27. The van der Waals surface area contributed by atoms with E-state index in [4.69, 9.17) is 0 Å². The van der Waals surface area contributed by atoms with Crippen LogP contribution in [0.4, 0.5) is 0 Å². The van der Waals surface area contributed by atoms with Crippen LogP contribution < -0.4 is 5.32 Å². The lowest BCUT2D eigenvalue weighted by Gasteiger charge is -2.26. The first-order chi connectivity index (χ1) is 12.7. The highest BCUT2D eigenvalue weighted by Gasteiger charge is 2.39. The van der Waals surface area contributed by atoms with Crippen molar-refractivity contribution in [2.45, 2.75) is 63.5 Å². The van der Waals surface area contributed by atoms with Crippen molar-refractivity contribution in [3.8, 4) is 0 Å². The van der Waals surface area contributed by atoms with Gasteiger partial charge >= 0.3 is 0 Å². The molecule has 1 saturated carbocycles. The molecule has 6 heteroatoms. The maximum absolute atomic E-state index is 13.0. The molecular weight excluding hydrogens is 328 g/mol. The monoisotopic (exact) mass is 362 g/mol. The third-order valence-electron chi connectivity index (χ3n) is 6.88. The lowest BCUT2D eigenvalue weighted by molar-refractivity contribution is -0.133. The molecule has 0 aromatic carbocycles. The molecule has 3 unspecified atom stereocenters. The summed E-state index contributed by atoms with van der Waals surface area (Å²) in [5.41, 5.74) is 0. The normalized spacial score (nSPS) is 33.2. The summed E-state index contributed by atoms with van der Waals surface area (Å²) in [6.45, 7) is 5.71. The van der Waals surface area contributed by atoms with Gasteiger partial charge in [0.05, 0.1) is 12.6 Å². The van der Waals surface area contributed by atoms with Crippen LogP contribution in [0.15, 0.2) is 0 Å². The molecule has 0 aromatic rings. The Morgan fingerprint density at radius 2 is 1.58 bits per heavy atom. The van der Waals surface area contributed by atoms with Gasteiger partial charge in [0.25, 0.3) is 0 Å². The maximum atomic E-state index is 13.0. The second-order valence-electron chi connectivity index (χ2n) is 8.65. The van der Waals surface area contributed by atoms with Crippen LogP contribution in [0.2, 0.25) is 0 Å². The third-order valence-corrected chi connectivity index (χ3v) is 6.88. The number of nitrogens with one attached hydrogen (secondary N) is 1. The van der Waals surface area contributed by atoms with E-state index in [0.717, 1.165) is 65.0 Å². The van der Waals surface area contributed by atoms with Gasteiger partial charge in [-0.05, 0) is 44.4 Å². The van der Waals surface area contributed by atoms with E-state index in [0.29, 0.717) is 24.4 Å². The molecule has 4 fully saturated rings. The van der Waals surface area contributed by atoms with Crippen molar-refractivity contribution < 1.29 is 9.59 Å². The van der Waals surface area contributed by atoms with Gasteiger partial charge in [0.15, 0.2) is 0 Å². The molecule has 3 saturated heterocycles. The predicted octanol–water partition coefficient (Wildman–Crippen LogP) is 1.06. The Kier molecular flexibility index (Phi) is 5.79. The molecule has 1 N–H and O–H groups in total. The minimum absolute atomic E-state index is 0.0286. The molecule has 0 bridgehead atoms. The summed E-state index contributed by atoms with van der Waals surface area (Å²) in [6, 6.07) is 0.597. The summed E-state index contributed by atoms with van der Waals surface area (Å²) in [4.78, 5) is 31.7. The Labute approximate surface area is 157 Å². The first-order valence-corrected chi connectivity index (χ1v) is 10.8. The van der Waals surface area contributed by atoms with Gasteiger partial charge in [0.2, 0.25) is 11.8 Å². The van der Waals surface area contributed by atoms with Crippen LogP contribution in [0.5, 0.6) is 0 Å². The summed E-state index contributed by atoms with van der Waals surface area (Å²) in [5, 5.41) is 3.63. The van der Waals surface area contributed by atoms with Crippen LogP contribution >= 0.6 is 0 Å². The summed E-state index contributed by atoms with van der Waals surface area (Å²) < 4.78 is 0. The molecule has 4 rings (SSSR count). The molecule has 3 aliphatic heterocycles. The number of nitrogens with zero attached hydrogens (tertiary/aromatic N) is 3. The molecule has 146 valence electrons. The van der Waals surface area contributed by atoms with E-state index in [1.165, 1.54) is 25.7 Å². The topological polar surface area (TPSA) is 55.9 Å². The van der Waals surface area contributed by atoms with E-state index < -0.39 is 0 Å². The molecule has 26 heavy (non-hydrogen) atoms. The van der Waals surface area contributed by atoms with Crippen LogP contribution in [0.3, 0.4) is 0 Å². The van der Waals surface area contributed by atoms with Crippen molar-refractivity contribution in [2.75, 3.05) is 45.8 Å². The number of hydrogen-bond donors (Lipinski definition) is 1. The van der Waals surface area contributed by atoms with Crippen LogP contribution in [-0.2, 0) is 9.59 Å². The fraction of sp³-hybridized carbons (Fsp3) is 0.900. The second-order valence-corrected chi connectivity index (χ2v) is 8.65. The molecule has 2 amide bonds. The highest BCUT2D eigenvalue weighted by molar-refractivity contribution is 5.82.